The second-order valence-electron chi connectivity index (χ2n) is 9.21. The van der Waals surface area contributed by atoms with Crippen molar-refractivity contribution in [2.24, 2.45) is 4.99 Å². The number of ether oxygens (including phenoxy) is 1. The molecule has 0 unspecified atom stereocenters. The minimum Gasteiger partial charge on any atom is -0.478 e. The molecule has 0 amide bonds. The minimum absolute atomic E-state index is 0.558. The number of fused-ring (bicyclic) bond motifs is 1. The average Bonchev–Trinajstić information content (AvgIpc) is 2.94. The zero-order valence-electron chi connectivity index (χ0n) is 21.9. The number of aliphatic imine (C=N–C) groups is 1. The number of aliphatic carboxylic acids is 2. The Bertz CT molecular complexity index is 1070. The zero-order chi connectivity index (χ0) is 27.2. The Morgan fingerprint density at radius 3 is 2.37 bits per heavy atom. The normalized spacial score (nSPS) is 15.8. The first kappa shape index (κ1) is 29.4. The summed E-state index contributed by atoms with van der Waals surface area (Å²) in [7, 11) is 2.22. The van der Waals surface area contributed by atoms with Crippen molar-refractivity contribution in [1.29, 1.82) is 0 Å². The summed E-state index contributed by atoms with van der Waals surface area (Å²) in [4.78, 5) is 29.0. The van der Waals surface area contributed by atoms with E-state index in [-0.39, 0.29) is 0 Å². The molecule has 2 heterocycles. The summed E-state index contributed by atoms with van der Waals surface area (Å²) in [5.41, 5.74) is 3.84. The van der Waals surface area contributed by atoms with Crippen LogP contribution in [0.25, 0.3) is 0 Å². The fraction of sp³-hybridized carbons (Fsp3) is 0.414. The minimum atomic E-state index is -1.26. The number of piperidine rings is 1. The van der Waals surface area contributed by atoms with Gasteiger partial charge in [0.1, 0.15) is 0 Å². The molecule has 0 spiro atoms. The monoisotopic (exact) mass is 539 g/mol. The molecule has 38 heavy (non-hydrogen) atoms. The van der Waals surface area contributed by atoms with E-state index in [1.807, 2.05) is 11.8 Å². The number of nitrogens with zero attached hydrogens (tertiary/aromatic N) is 3. The van der Waals surface area contributed by atoms with E-state index in [0.29, 0.717) is 18.2 Å². The number of para-hydroxylation sites is 1. The molecule has 0 saturated carbocycles. The third kappa shape index (κ3) is 10.3. The van der Waals surface area contributed by atoms with Gasteiger partial charge < -0.3 is 24.7 Å². The van der Waals surface area contributed by atoms with Crippen LogP contribution in [0.3, 0.4) is 0 Å². The number of thioether (sulfide) groups is 1. The topological polar surface area (TPSA) is 103 Å². The summed E-state index contributed by atoms with van der Waals surface area (Å²) in [6, 6.07) is 19.7. The molecular weight excluding hydrogens is 502 g/mol. The van der Waals surface area contributed by atoms with Crippen LogP contribution in [0.5, 0.6) is 0 Å². The molecule has 2 aromatic rings. The van der Waals surface area contributed by atoms with Gasteiger partial charge in [0, 0.05) is 57.2 Å². The lowest BCUT2D eigenvalue weighted by Gasteiger charge is -2.38. The van der Waals surface area contributed by atoms with E-state index in [2.05, 4.69) is 71.4 Å². The fourth-order valence-corrected chi connectivity index (χ4v) is 5.40. The molecule has 4 rings (SSSR count). The Balaban J connectivity index is 0.000000436. The van der Waals surface area contributed by atoms with Crippen LogP contribution >= 0.6 is 11.8 Å². The van der Waals surface area contributed by atoms with Crippen molar-refractivity contribution in [2.45, 2.75) is 37.5 Å². The van der Waals surface area contributed by atoms with Crippen molar-refractivity contribution in [2.75, 3.05) is 39.9 Å². The number of hydrogen-bond acceptors (Lipinski definition) is 7. The predicted octanol–water partition coefficient (Wildman–Crippen LogP) is 4.68. The number of rotatable bonds is 10. The average molecular weight is 540 g/mol. The van der Waals surface area contributed by atoms with Crippen LogP contribution in [-0.2, 0) is 26.5 Å². The number of carboxylic acids is 2. The van der Waals surface area contributed by atoms with Gasteiger partial charge in [-0.2, -0.15) is 0 Å². The van der Waals surface area contributed by atoms with Gasteiger partial charge in [0.15, 0.2) is 5.17 Å². The number of carboxylic acid groups (broad SMARTS) is 2. The van der Waals surface area contributed by atoms with Crippen LogP contribution in [0.4, 0.5) is 5.69 Å². The largest absolute Gasteiger partial charge is 0.478 e. The maximum absolute atomic E-state index is 9.55. The molecule has 2 aliphatic heterocycles. The van der Waals surface area contributed by atoms with Gasteiger partial charge in [-0.15, -0.1) is 0 Å². The van der Waals surface area contributed by atoms with Gasteiger partial charge in [-0.1, -0.05) is 60.3 Å². The molecule has 8 nitrogen and oxygen atoms in total. The number of benzene rings is 2. The lowest BCUT2D eigenvalue weighted by molar-refractivity contribution is -0.134. The third-order valence-corrected chi connectivity index (χ3v) is 7.57. The van der Waals surface area contributed by atoms with E-state index >= 15 is 0 Å². The van der Waals surface area contributed by atoms with Gasteiger partial charge in [0.25, 0.3) is 0 Å². The van der Waals surface area contributed by atoms with Gasteiger partial charge in [-0.05, 0) is 42.9 Å². The molecule has 1 fully saturated rings. The Hall–Kier alpha value is -3.14. The highest BCUT2D eigenvalue weighted by Crippen LogP contribution is 2.32. The van der Waals surface area contributed by atoms with Crippen LogP contribution < -0.4 is 0 Å². The summed E-state index contributed by atoms with van der Waals surface area (Å²) in [5.74, 6) is -1.48. The predicted molar refractivity (Wildman–Crippen MR) is 152 cm³/mol. The fourth-order valence-electron chi connectivity index (χ4n) is 4.36. The van der Waals surface area contributed by atoms with Gasteiger partial charge in [0.2, 0.25) is 0 Å². The lowest BCUT2D eigenvalue weighted by Crippen LogP contribution is -2.45. The smallest absolute Gasteiger partial charge is 0.328 e. The Labute approximate surface area is 229 Å². The summed E-state index contributed by atoms with van der Waals surface area (Å²) in [6.45, 7) is 5.17. The van der Waals surface area contributed by atoms with Crippen molar-refractivity contribution in [3.05, 3.63) is 77.9 Å². The van der Waals surface area contributed by atoms with Gasteiger partial charge in [-0.3, -0.25) is 0 Å². The quantitative estimate of drug-likeness (QED) is 0.332. The van der Waals surface area contributed by atoms with Crippen LogP contribution in [0.2, 0.25) is 0 Å². The number of likely N-dealkylation sites (tertiary alicyclic amines) is 1. The van der Waals surface area contributed by atoms with E-state index < -0.39 is 11.9 Å². The number of amidine groups is 1. The first-order chi connectivity index (χ1) is 18.4. The van der Waals surface area contributed by atoms with Crippen LogP contribution in [0, 0.1) is 0 Å². The summed E-state index contributed by atoms with van der Waals surface area (Å²) >= 11 is 1.87. The highest BCUT2D eigenvalue weighted by molar-refractivity contribution is 8.13. The summed E-state index contributed by atoms with van der Waals surface area (Å²) in [5, 5.41) is 16.8. The maximum Gasteiger partial charge on any atom is 0.328 e. The molecular formula is C29H37N3O5S. The van der Waals surface area contributed by atoms with E-state index in [1.54, 1.807) is 0 Å². The molecule has 2 N–H and O–H groups in total. The molecule has 1 saturated heterocycles. The van der Waals surface area contributed by atoms with Crippen molar-refractivity contribution >= 4 is 34.6 Å². The molecule has 0 atom stereocenters. The highest BCUT2D eigenvalue weighted by atomic mass is 32.2. The maximum atomic E-state index is 9.55. The van der Waals surface area contributed by atoms with E-state index in [4.69, 9.17) is 19.9 Å². The van der Waals surface area contributed by atoms with Crippen LogP contribution in [-0.4, -0.2) is 83.1 Å². The standard InChI is InChI=1S/C25H33N3OS.C4H4O4/c1-27(25-26-24-11-6-5-10-22(24)20-30-25)23-12-16-28(17-13-23)15-7-18-29-19-14-21-8-3-2-4-9-21;5-3(6)1-2-4(7)8/h2-6,8-11,23H,7,12-20H2,1H3;1-2H,(H,5,6)(H,7,8)/b;2-1+. The van der Waals surface area contributed by atoms with Gasteiger partial charge in [0.05, 0.1) is 12.3 Å². The highest BCUT2D eigenvalue weighted by Gasteiger charge is 2.26. The molecule has 0 aromatic heterocycles. The van der Waals surface area contributed by atoms with Crippen LogP contribution in [0.1, 0.15) is 30.4 Å². The van der Waals surface area contributed by atoms with E-state index in [1.165, 1.54) is 42.2 Å². The van der Waals surface area contributed by atoms with Crippen LogP contribution in [0.15, 0.2) is 71.7 Å². The second-order valence-corrected chi connectivity index (χ2v) is 10.1. The summed E-state index contributed by atoms with van der Waals surface area (Å²) in [6.07, 6.45) is 5.67. The first-order valence-corrected chi connectivity index (χ1v) is 13.9. The summed E-state index contributed by atoms with van der Waals surface area (Å²) < 4.78 is 5.84. The molecule has 0 bridgehead atoms. The van der Waals surface area contributed by atoms with Crippen molar-refractivity contribution < 1.29 is 24.5 Å². The van der Waals surface area contributed by atoms with Gasteiger partial charge >= 0.3 is 11.9 Å². The molecule has 2 aliphatic rings. The Morgan fingerprint density at radius 1 is 1.03 bits per heavy atom. The molecule has 0 radical (unpaired) electrons. The molecule has 204 valence electrons. The van der Waals surface area contributed by atoms with E-state index in [9.17, 15) is 9.59 Å². The third-order valence-electron chi connectivity index (χ3n) is 6.48. The van der Waals surface area contributed by atoms with Crippen molar-refractivity contribution in [3.63, 3.8) is 0 Å². The zero-order valence-corrected chi connectivity index (χ0v) is 22.7. The number of hydrogen-bond donors (Lipinski definition) is 2. The number of carbonyl (C=O) groups is 2. The molecule has 9 heteroatoms. The van der Waals surface area contributed by atoms with Crippen molar-refractivity contribution in [3.8, 4) is 0 Å². The van der Waals surface area contributed by atoms with Gasteiger partial charge in [-0.25, -0.2) is 14.6 Å². The second kappa shape index (κ2) is 16.0. The Morgan fingerprint density at radius 2 is 1.68 bits per heavy atom. The molecule has 2 aromatic carbocycles. The first-order valence-electron chi connectivity index (χ1n) is 12.9. The molecule has 0 aliphatic carbocycles. The Kier molecular flexibility index (Phi) is 12.4. The lowest BCUT2D eigenvalue weighted by atomic mass is 10.0. The van der Waals surface area contributed by atoms with E-state index in [0.717, 1.165) is 44.0 Å². The van der Waals surface area contributed by atoms with Crippen molar-refractivity contribution in [1.82, 2.24) is 9.80 Å². The SMILES string of the molecule is CN(C1=Nc2ccccc2CS1)C1CCN(CCCOCCc2ccccc2)CC1.O=C(O)/C=C/C(=O)O.